The summed E-state index contributed by atoms with van der Waals surface area (Å²) in [6.07, 6.45) is 0. The summed E-state index contributed by atoms with van der Waals surface area (Å²) in [7, 11) is 1.64. The monoisotopic (exact) mass is 310 g/mol. The molecule has 2 aliphatic heterocycles. The van der Waals surface area contributed by atoms with Gasteiger partial charge >= 0.3 is 0 Å². The second kappa shape index (κ2) is 6.44. The molecule has 3 heterocycles. The van der Waals surface area contributed by atoms with Gasteiger partial charge in [0.15, 0.2) is 0 Å². The van der Waals surface area contributed by atoms with E-state index in [4.69, 9.17) is 9.47 Å². The Morgan fingerprint density at radius 3 is 3.33 bits per heavy atom. The number of nitrogens with one attached hydrogen (secondary N) is 1. The van der Waals surface area contributed by atoms with Crippen LogP contribution in [0.1, 0.15) is 5.56 Å². The Hall–Kier alpha value is -0.950. The normalized spacial score (nSPS) is 28.7. The number of likely N-dealkylation sites (tertiary alicyclic amines) is 1. The molecular formula is C15H22N2O3S. The van der Waals surface area contributed by atoms with Gasteiger partial charge in [-0.2, -0.15) is 11.3 Å². The summed E-state index contributed by atoms with van der Waals surface area (Å²) in [4.78, 5) is 15.0. The van der Waals surface area contributed by atoms with Crippen LogP contribution in [-0.4, -0.2) is 57.4 Å². The van der Waals surface area contributed by atoms with Crippen molar-refractivity contribution in [3.8, 4) is 0 Å². The van der Waals surface area contributed by atoms with Crippen LogP contribution in [0.4, 0.5) is 0 Å². The summed E-state index contributed by atoms with van der Waals surface area (Å²) in [5.41, 5.74) is 0.958. The molecule has 0 aliphatic carbocycles. The molecule has 2 aliphatic rings. The molecule has 1 N–H and O–H groups in total. The minimum atomic E-state index is -0.371. The third kappa shape index (κ3) is 2.99. The highest BCUT2D eigenvalue weighted by molar-refractivity contribution is 7.07. The summed E-state index contributed by atoms with van der Waals surface area (Å²) in [6, 6.07) is 2.15. The van der Waals surface area contributed by atoms with Crippen molar-refractivity contribution < 1.29 is 14.3 Å². The average molecular weight is 310 g/mol. The van der Waals surface area contributed by atoms with Gasteiger partial charge in [0.25, 0.3) is 0 Å². The summed E-state index contributed by atoms with van der Waals surface area (Å²) < 4.78 is 10.6. The molecule has 2 fully saturated rings. The van der Waals surface area contributed by atoms with Gasteiger partial charge < -0.3 is 14.8 Å². The maximum Gasteiger partial charge on any atom is 0.230 e. The minimum absolute atomic E-state index is 0.120. The first-order valence-electron chi connectivity index (χ1n) is 7.33. The maximum atomic E-state index is 12.6. The zero-order valence-electron chi connectivity index (χ0n) is 12.3. The molecule has 116 valence electrons. The van der Waals surface area contributed by atoms with Gasteiger partial charge in [-0.25, -0.2) is 0 Å². The van der Waals surface area contributed by atoms with Crippen LogP contribution in [0.2, 0.25) is 0 Å². The quantitative estimate of drug-likeness (QED) is 0.795. The van der Waals surface area contributed by atoms with Crippen molar-refractivity contribution in [2.45, 2.75) is 6.54 Å². The van der Waals surface area contributed by atoms with Gasteiger partial charge in [0.1, 0.15) is 0 Å². The first kappa shape index (κ1) is 15.0. The van der Waals surface area contributed by atoms with Gasteiger partial charge in [0, 0.05) is 39.2 Å². The molecule has 0 unspecified atom stereocenters. The predicted octanol–water partition coefficient (Wildman–Crippen LogP) is 0.959. The summed E-state index contributed by atoms with van der Waals surface area (Å²) >= 11 is 1.72. The number of ether oxygens (including phenoxy) is 2. The second-order valence-corrected chi connectivity index (χ2v) is 6.70. The lowest BCUT2D eigenvalue weighted by Gasteiger charge is -2.26. The van der Waals surface area contributed by atoms with Crippen molar-refractivity contribution in [3.63, 3.8) is 0 Å². The van der Waals surface area contributed by atoms with Gasteiger partial charge in [-0.1, -0.05) is 0 Å². The SMILES string of the molecule is COCCNC(=O)[C@]12COC[C@H]1CN(Cc1ccsc1)C2. The molecule has 1 amide bonds. The van der Waals surface area contributed by atoms with Crippen molar-refractivity contribution in [2.75, 3.05) is 46.6 Å². The van der Waals surface area contributed by atoms with Crippen LogP contribution in [0, 0.1) is 11.3 Å². The number of carbonyl (C=O) groups excluding carboxylic acids is 1. The molecule has 2 saturated heterocycles. The molecule has 0 aromatic carbocycles. The average Bonchev–Trinajstić information content (AvgIpc) is 3.15. The number of hydrogen-bond donors (Lipinski definition) is 1. The van der Waals surface area contributed by atoms with Crippen LogP contribution >= 0.6 is 11.3 Å². The van der Waals surface area contributed by atoms with Gasteiger partial charge in [0.05, 0.1) is 25.2 Å². The van der Waals surface area contributed by atoms with Crippen molar-refractivity contribution in [1.82, 2.24) is 10.2 Å². The van der Waals surface area contributed by atoms with Crippen LogP contribution in [-0.2, 0) is 20.8 Å². The highest BCUT2D eigenvalue weighted by Crippen LogP contribution is 2.42. The first-order chi connectivity index (χ1) is 10.2. The standard InChI is InChI=1S/C15H22N2O3S/c1-19-4-3-16-14(18)15-10-17(6-12-2-5-21-9-12)7-13(15)8-20-11-15/h2,5,9,13H,3-4,6-8,10-11H2,1H3,(H,16,18)/t13-,15-/m1/s1. The van der Waals surface area contributed by atoms with Crippen LogP contribution in [0.25, 0.3) is 0 Å². The van der Waals surface area contributed by atoms with Crippen LogP contribution in [0.15, 0.2) is 16.8 Å². The molecule has 1 aromatic rings. The lowest BCUT2D eigenvalue weighted by Crippen LogP contribution is -2.47. The Kier molecular flexibility index (Phi) is 4.59. The fourth-order valence-corrected chi connectivity index (χ4v) is 4.02. The second-order valence-electron chi connectivity index (χ2n) is 5.92. The smallest absolute Gasteiger partial charge is 0.230 e. The van der Waals surface area contributed by atoms with Crippen molar-refractivity contribution >= 4 is 17.2 Å². The Balaban J connectivity index is 1.64. The van der Waals surface area contributed by atoms with E-state index in [-0.39, 0.29) is 11.3 Å². The first-order valence-corrected chi connectivity index (χ1v) is 8.27. The van der Waals surface area contributed by atoms with E-state index in [0.29, 0.717) is 32.3 Å². The molecule has 3 rings (SSSR count). The van der Waals surface area contributed by atoms with E-state index in [1.807, 2.05) is 0 Å². The number of carbonyl (C=O) groups is 1. The maximum absolute atomic E-state index is 12.6. The summed E-state index contributed by atoms with van der Waals surface area (Å²) in [5, 5.41) is 7.27. The fourth-order valence-electron chi connectivity index (χ4n) is 3.36. The molecule has 0 bridgehead atoms. The number of fused-ring (bicyclic) bond motifs is 1. The lowest BCUT2D eigenvalue weighted by molar-refractivity contribution is -0.131. The van der Waals surface area contributed by atoms with Crippen molar-refractivity contribution in [3.05, 3.63) is 22.4 Å². The van der Waals surface area contributed by atoms with Gasteiger partial charge in [-0.05, 0) is 22.4 Å². The molecule has 6 heteroatoms. The number of methoxy groups -OCH3 is 1. The molecule has 0 saturated carbocycles. The van der Waals surface area contributed by atoms with Gasteiger partial charge in [0.2, 0.25) is 5.91 Å². The van der Waals surface area contributed by atoms with Crippen molar-refractivity contribution in [1.29, 1.82) is 0 Å². The van der Waals surface area contributed by atoms with Crippen LogP contribution in [0.3, 0.4) is 0 Å². The Labute approximate surface area is 129 Å². The molecule has 1 aromatic heterocycles. The largest absolute Gasteiger partial charge is 0.383 e. The van der Waals surface area contributed by atoms with E-state index >= 15 is 0 Å². The molecule has 0 radical (unpaired) electrons. The van der Waals surface area contributed by atoms with E-state index in [2.05, 4.69) is 27.0 Å². The topological polar surface area (TPSA) is 50.8 Å². The molecule has 5 nitrogen and oxygen atoms in total. The number of amides is 1. The molecule has 2 atom stereocenters. The molecule has 0 spiro atoms. The van der Waals surface area contributed by atoms with Crippen LogP contribution in [0.5, 0.6) is 0 Å². The number of thiophene rings is 1. The van der Waals surface area contributed by atoms with E-state index < -0.39 is 0 Å². The highest BCUT2D eigenvalue weighted by Gasteiger charge is 2.55. The van der Waals surface area contributed by atoms with E-state index in [1.165, 1.54) is 5.56 Å². The number of hydrogen-bond acceptors (Lipinski definition) is 5. The van der Waals surface area contributed by atoms with Gasteiger partial charge in [-0.15, -0.1) is 0 Å². The zero-order valence-corrected chi connectivity index (χ0v) is 13.2. The third-order valence-corrected chi connectivity index (χ3v) is 5.21. The predicted molar refractivity (Wildman–Crippen MR) is 81.2 cm³/mol. The highest BCUT2D eigenvalue weighted by atomic mass is 32.1. The number of nitrogens with zero attached hydrogens (tertiary/aromatic N) is 1. The van der Waals surface area contributed by atoms with Crippen LogP contribution < -0.4 is 5.32 Å². The lowest BCUT2D eigenvalue weighted by atomic mass is 9.80. The third-order valence-electron chi connectivity index (χ3n) is 4.47. The Bertz CT molecular complexity index is 479. The summed E-state index contributed by atoms with van der Waals surface area (Å²) in [6.45, 7) is 4.99. The van der Waals surface area contributed by atoms with E-state index in [0.717, 1.165) is 19.6 Å². The number of rotatable bonds is 6. The van der Waals surface area contributed by atoms with E-state index in [1.54, 1.807) is 18.4 Å². The zero-order chi connectivity index (χ0) is 14.7. The van der Waals surface area contributed by atoms with Gasteiger partial charge in [-0.3, -0.25) is 9.69 Å². The Morgan fingerprint density at radius 2 is 2.57 bits per heavy atom. The fraction of sp³-hybridized carbons (Fsp3) is 0.667. The molecule has 21 heavy (non-hydrogen) atoms. The molecular weight excluding hydrogens is 288 g/mol. The summed E-state index contributed by atoms with van der Waals surface area (Å²) in [5.74, 6) is 0.425. The Morgan fingerprint density at radius 1 is 1.67 bits per heavy atom. The van der Waals surface area contributed by atoms with Crippen molar-refractivity contribution in [2.24, 2.45) is 11.3 Å². The van der Waals surface area contributed by atoms with E-state index in [9.17, 15) is 4.79 Å². The minimum Gasteiger partial charge on any atom is -0.383 e.